The SMILES string of the molecule is CN(C)C1(c2ccccc2)CC(C(=O)NC(=O)NCC2CCC2)C1. The molecule has 0 aromatic heterocycles. The Bertz CT molecular complexity index is 590. The summed E-state index contributed by atoms with van der Waals surface area (Å²) in [5, 5.41) is 5.32. The molecule has 2 aliphatic rings. The molecule has 0 bridgehead atoms. The van der Waals surface area contributed by atoms with Gasteiger partial charge in [0.25, 0.3) is 0 Å². The molecule has 2 N–H and O–H groups in total. The molecule has 0 unspecified atom stereocenters. The van der Waals surface area contributed by atoms with Crippen LogP contribution in [0.5, 0.6) is 0 Å². The number of urea groups is 1. The molecule has 0 heterocycles. The van der Waals surface area contributed by atoms with Crippen molar-refractivity contribution < 1.29 is 9.59 Å². The van der Waals surface area contributed by atoms with Gasteiger partial charge in [0.05, 0.1) is 0 Å². The van der Waals surface area contributed by atoms with Gasteiger partial charge in [-0.05, 0) is 51.3 Å². The maximum absolute atomic E-state index is 12.3. The van der Waals surface area contributed by atoms with E-state index in [4.69, 9.17) is 0 Å². The maximum Gasteiger partial charge on any atom is 0.321 e. The van der Waals surface area contributed by atoms with Crippen molar-refractivity contribution in [2.45, 2.75) is 37.6 Å². The first-order valence-electron chi connectivity index (χ1n) is 8.83. The number of nitrogens with zero attached hydrogens (tertiary/aromatic N) is 1. The van der Waals surface area contributed by atoms with Crippen LogP contribution in [0.25, 0.3) is 0 Å². The van der Waals surface area contributed by atoms with Crippen LogP contribution < -0.4 is 10.6 Å². The second kappa shape index (κ2) is 6.93. The molecule has 130 valence electrons. The first-order valence-corrected chi connectivity index (χ1v) is 8.83. The summed E-state index contributed by atoms with van der Waals surface area (Å²) >= 11 is 0. The first-order chi connectivity index (χ1) is 11.5. The monoisotopic (exact) mass is 329 g/mol. The van der Waals surface area contributed by atoms with E-state index < -0.39 is 0 Å². The second-order valence-corrected chi connectivity index (χ2v) is 7.39. The van der Waals surface area contributed by atoms with Crippen LogP contribution >= 0.6 is 0 Å². The highest BCUT2D eigenvalue weighted by molar-refractivity contribution is 5.96. The minimum Gasteiger partial charge on any atom is -0.338 e. The lowest BCUT2D eigenvalue weighted by Gasteiger charge is -2.51. The molecule has 3 rings (SSSR count). The topological polar surface area (TPSA) is 61.4 Å². The van der Waals surface area contributed by atoms with E-state index in [2.05, 4.69) is 27.7 Å². The van der Waals surface area contributed by atoms with Crippen LogP contribution in [0.1, 0.15) is 37.7 Å². The molecule has 2 fully saturated rings. The summed E-state index contributed by atoms with van der Waals surface area (Å²) in [6.07, 6.45) is 5.09. The van der Waals surface area contributed by atoms with E-state index in [0.29, 0.717) is 12.5 Å². The highest BCUT2D eigenvalue weighted by atomic mass is 16.2. The molecular weight excluding hydrogens is 302 g/mol. The molecule has 5 heteroatoms. The highest BCUT2D eigenvalue weighted by Crippen LogP contribution is 2.49. The van der Waals surface area contributed by atoms with Crippen LogP contribution in [0.2, 0.25) is 0 Å². The van der Waals surface area contributed by atoms with Crippen molar-refractivity contribution in [2.75, 3.05) is 20.6 Å². The summed E-state index contributed by atoms with van der Waals surface area (Å²) < 4.78 is 0. The lowest BCUT2D eigenvalue weighted by atomic mass is 9.63. The smallest absolute Gasteiger partial charge is 0.321 e. The largest absolute Gasteiger partial charge is 0.338 e. The zero-order valence-corrected chi connectivity index (χ0v) is 14.5. The molecule has 2 aliphatic carbocycles. The third-order valence-corrected chi connectivity index (χ3v) is 5.72. The molecule has 2 saturated carbocycles. The number of hydrogen-bond donors (Lipinski definition) is 2. The summed E-state index contributed by atoms with van der Waals surface area (Å²) in [5.74, 6) is 0.325. The van der Waals surface area contributed by atoms with Crippen molar-refractivity contribution in [3.63, 3.8) is 0 Å². The Morgan fingerprint density at radius 2 is 1.83 bits per heavy atom. The molecule has 0 atom stereocenters. The Kier molecular flexibility index (Phi) is 4.90. The van der Waals surface area contributed by atoms with Gasteiger partial charge >= 0.3 is 6.03 Å². The van der Waals surface area contributed by atoms with Crippen LogP contribution in [0.4, 0.5) is 4.79 Å². The van der Waals surface area contributed by atoms with E-state index in [9.17, 15) is 9.59 Å². The normalized spacial score (nSPS) is 26.4. The Morgan fingerprint density at radius 3 is 2.38 bits per heavy atom. The fourth-order valence-corrected chi connectivity index (χ4v) is 3.74. The van der Waals surface area contributed by atoms with E-state index in [1.165, 1.54) is 24.8 Å². The quantitative estimate of drug-likeness (QED) is 0.872. The molecule has 0 saturated heterocycles. The summed E-state index contributed by atoms with van der Waals surface area (Å²) in [5.41, 5.74) is 1.12. The zero-order valence-electron chi connectivity index (χ0n) is 14.5. The van der Waals surface area contributed by atoms with Gasteiger partial charge in [0, 0.05) is 18.0 Å². The summed E-state index contributed by atoms with van der Waals surface area (Å²) in [4.78, 5) is 26.4. The third-order valence-electron chi connectivity index (χ3n) is 5.72. The lowest BCUT2D eigenvalue weighted by molar-refractivity contribution is -0.132. The number of nitrogens with one attached hydrogen (secondary N) is 2. The second-order valence-electron chi connectivity index (χ2n) is 7.39. The number of rotatable bonds is 5. The molecule has 1 aromatic carbocycles. The van der Waals surface area contributed by atoms with Gasteiger partial charge in [0.1, 0.15) is 0 Å². The number of carbonyl (C=O) groups is 2. The summed E-state index contributed by atoms with van der Waals surface area (Å²) in [6.45, 7) is 0.676. The molecule has 0 spiro atoms. The Hall–Kier alpha value is -1.88. The van der Waals surface area contributed by atoms with Crippen molar-refractivity contribution in [2.24, 2.45) is 11.8 Å². The van der Waals surface area contributed by atoms with Gasteiger partial charge in [-0.25, -0.2) is 4.79 Å². The van der Waals surface area contributed by atoms with Crippen LogP contribution in [0.3, 0.4) is 0 Å². The molecule has 24 heavy (non-hydrogen) atoms. The average Bonchev–Trinajstić information content (AvgIpc) is 2.45. The van der Waals surface area contributed by atoms with Gasteiger partial charge in [-0.1, -0.05) is 36.8 Å². The van der Waals surface area contributed by atoms with Crippen LogP contribution in [-0.2, 0) is 10.3 Å². The first kappa shape index (κ1) is 17.0. The van der Waals surface area contributed by atoms with Gasteiger partial charge < -0.3 is 5.32 Å². The number of imide groups is 1. The van der Waals surface area contributed by atoms with Gasteiger partial charge in [-0.15, -0.1) is 0 Å². The van der Waals surface area contributed by atoms with Crippen molar-refractivity contribution in [3.8, 4) is 0 Å². The minimum absolute atomic E-state index is 0.105. The average molecular weight is 329 g/mol. The third kappa shape index (κ3) is 3.31. The highest BCUT2D eigenvalue weighted by Gasteiger charge is 2.50. The predicted molar refractivity (Wildman–Crippen MR) is 93.4 cm³/mol. The fourth-order valence-electron chi connectivity index (χ4n) is 3.74. The van der Waals surface area contributed by atoms with Crippen molar-refractivity contribution in [1.82, 2.24) is 15.5 Å². The van der Waals surface area contributed by atoms with Crippen molar-refractivity contribution >= 4 is 11.9 Å². The van der Waals surface area contributed by atoms with Crippen molar-refractivity contribution in [3.05, 3.63) is 35.9 Å². The molecule has 0 radical (unpaired) electrons. The molecule has 3 amide bonds. The van der Waals surface area contributed by atoms with Crippen molar-refractivity contribution in [1.29, 1.82) is 0 Å². The van der Waals surface area contributed by atoms with Gasteiger partial charge in [0.15, 0.2) is 0 Å². The summed E-state index contributed by atoms with van der Waals surface area (Å²) in [7, 11) is 4.10. The van der Waals surface area contributed by atoms with E-state index in [1.807, 2.05) is 32.3 Å². The van der Waals surface area contributed by atoms with Gasteiger partial charge in [-0.2, -0.15) is 0 Å². The van der Waals surface area contributed by atoms with Gasteiger partial charge in [-0.3, -0.25) is 15.0 Å². The molecular formula is C19H27N3O2. The van der Waals surface area contributed by atoms with E-state index in [1.54, 1.807) is 0 Å². The Balaban J connectivity index is 1.52. The Morgan fingerprint density at radius 1 is 1.17 bits per heavy atom. The maximum atomic E-state index is 12.3. The summed E-state index contributed by atoms with van der Waals surface area (Å²) in [6, 6.07) is 9.93. The van der Waals surface area contributed by atoms with Crippen LogP contribution in [0.15, 0.2) is 30.3 Å². The number of amides is 3. The fraction of sp³-hybridized carbons (Fsp3) is 0.579. The number of carbonyl (C=O) groups excluding carboxylic acids is 2. The van der Waals surface area contributed by atoms with E-state index >= 15 is 0 Å². The van der Waals surface area contributed by atoms with Crippen LogP contribution in [0, 0.1) is 11.8 Å². The molecule has 1 aromatic rings. The standard InChI is InChI=1S/C19H27N3O2/c1-22(2)19(16-9-4-3-5-10-16)11-15(12-19)17(23)21-18(24)20-13-14-7-6-8-14/h3-5,9-10,14-15H,6-8,11-13H2,1-2H3,(H2,20,21,23,24). The van der Waals surface area contributed by atoms with Crippen LogP contribution in [-0.4, -0.2) is 37.5 Å². The van der Waals surface area contributed by atoms with Gasteiger partial charge in [0.2, 0.25) is 5.91 Å². The predicted octanol–water partition coefficient (Wildman–Crippen LogP) is 2.48. The van der Waals surface area contributed by atoms with E-state index in [0.717, 1.165) is 12.8 Å². The lowest BCUT2D eigenvalue weighted by Crippen LogP contribution is -2.57. The molecule has 5 nitrogen and oxygen atoms in total. The molecule has 0 aliphatic heterocycles. The zero-order chi connectivity index (χ0) is 17.2. The number of benzene rings is 1. The number of hydrogen-bond acceptors (Lipinski definition) is 3. The van der Waals surface area contributed by atoms with E-state index in [-0.39, 0.29) is 23.4 Å². The minimum atomic E-state index is -0.353. The Labute approximate surface area is 143 Å².